The molecule has 18 heteroatoms. The molecule has 5 aromatic rings. The van der Waals surface area contributed by atoms with Gasteiger partial charge in [-0.2, -0.15) is 32.0 Å². The summed E-state index contributed by atoms with van der Waals surface area (Å²) in [6.07, 6.45) is -5.39. The molecular weight excluding hydrogens is 756 g/mol. The van der Waals surface area contributed by atoms with Crippen LogP contribution >= 0.6 is 11.3 Å². The number of anilines is 1. The van der Waals surface area contributed by atoms with Gasteiger partial charge >= 0.3 is 6.18 Å². The Morgan fingerprint density at radius 2 is 1.76 bits per heavy atom. The number of nitrogens with one attached hydrogen (secondary N) is 2. The molecule has 2 aliphatic heterocycles. The number of halogens is 7. The zero-order valence-electron chi connectivity index (χ0n) is 29.4. The predicted octanol–water partition coefficient (Wildman–Crippen LogP) is 6.61. The van der Waals surface area contributed by atoms with E-state index in [1.54, 1.807) is 31.2 Å². The zero-order chi connectivity index (χ0) is 39.4. The molecule has 3 aliphatic rings. The molecule has 3 atom stereocenters. The number of rotatable bonds is 8. The third-order valence-corrected chi connectivity index (χ3v) is 11.6. The number of amides is 2. The van der Waals surface area contributed by atoms with E-state index in [1.165, 1.54) is 18.3 Å². The molecule has 8 rings (SSSR count). The van der Waals surface area contributed by atoms with E-state index in [2.05, 4.69) is 20.7 Å². The topological polar surface area (TPSA) is 125 Å². The fraction of sp³-hybridized carbons (Fsp3) is 0.378. The molecule has 1 saturated heterocycles. The Hall–Kier alpha value is -5.10. The van der Waals surface area contributed by atoms with Gasteiger partial charge in [-0.3, -0.25) is 14.3 Å². The number of aromatic nitrogens is 4. The number of aliphatic hydroxyl groups is 1. The van der Waals surface area contributed by atoms with Crippen LogP contribution in [0.3, 0.4) is 0 Å². The van der Waals surface area contributed by atoms with E-state index in [1.807, 2.05) is 4.90 Å². The van der Waals surface area contributed by atoms with E-state index in [-0.39, 0.29) is 35.8 Å². The van der Waals surface area contributed by atoms with Crippen LogP contribution in [0.2, 0.25) is 0 Å². The van der Waals surface area contributed by atoms with Crippen molar-refractivity contribution in [1.82, 2.24) is 30.4 Å². The summed E-state index contributed by atoms with van der Waals surface area (Å²) < 4.78 is 103. The summed E-state index contributed by atoms with van der Waals surface area (Å²) in [4.78, 5) is 38.0. The molecule has 2 amide bonds. The van der Waals surface area contributed by atoms with Crippen LogP contribution in [0, 0.1) is 17.6 Å². The number of alkyl halides is 5. The van der Waals surface area contributed by atoms with Crippen molar-refractivity contribution in [2.24, 2.45) is 5.92 Å². The van der Waals surface area contributed by atoms with Crippen LogP contribution in [-0.4, -0.2) is 55.4 Å². The molecule has 3 aromatic heterocycles. The first kappa shape index (κ1) is 36.9. The van der Waals surface area contributed by atoms with Crippen LogP contribution in [-0.2, 0) is 36.4 Å². The summed E-state index contributed by atoms with van der Waals surface area (Å²) in [5.74, 6) is -9.65. The number of carbonyl (C=O) groups excluding carboxylic acids is 2. The SMILES string of the molecule is C[C@@H]1c2c(C(F)(F)F)nn(CC(=O)N[C@@H](Cc3cc(F)cc(F)c3)c3nc4nc(N5CC(C)(O)C5)sc4cc3-c3cccc4c3CNC4=O)c2C(F)(F)[C@@H]1C. The summed E-state index contributed by atoms with van der Waals surface area (Å²) in [6.45, 7) is 3.78. The summed E-state index contributed by atoms with van der Waals surface area (Å²) in [6, 6.07) is 8.24. The molecule has 288 valence electrons. The summed E-state index contributed by atoms with van der Waals surface area (Å²) >= 11 is 1.28. The lowest BCUT2D eigenvalue weighted by Crippen LogP contribution is -2.60. The molecule has 10 nitrogen and oxygen atoms in total. The number of hydrogen-bond acceptors (Lipinski definition) is 8. The largest absolute Gasteiger partial charge is 0.435 e. The Labute approximate surface area is 312 Å². The molecule has 0 saturated carbocycles. The number of β-amino-alcohol motifs (C(OH)–C–C–N with tert-alkyl or cyclic N) is 1. The summed E-state index contributed by atoms with van der Waals surface area (Å²) in [7, 11) is 0. The molecule has 2 aromatic carbocycles. The van der Waals surface area contributed by atoms with Crippen LogP contribution in [0.4, 0.5) is 35.9 Å². The van der Waals surface area contributed by atoms with Gasteiger partial charge in [0.05, 0.1) is 35.1 Å². The van der Waals surface area contributed by atoms with Gasteiger partial charge in [0.1, 0.15) is 23.9 Å². The second-order valence-corrected chi connectivity index (χ2v) is 15.7. The van der Waals surface area contributed by atoms with Crippen molar-refractivity contribution < 1.29 is 45.4 Å². The highest BCUT2D eigenvalue weighted by atomic mass is 32.1. The van der Waals surface area contributed by atoms with Crippen molar-refractivity contribution in [3.8, 4) is 11.1 Å². The van der Waals surface area contributed by atoms with Gasteiger partial charge in [-0.05, 0) is 60.2 Å². The van der Waals surface area contributed by atoms with E-state index in [0.717, 1.165) is 19.1 Å². The van der Waals surface area contributed by atoms with Crippen LogP contribution in [0.1, 0.15) is 76.9 Å². The van der Waals surface area contributed by atoms with Crippen molar-refractivity contribution in [1.29, 1.82) is 0 Å². The lowest BCUT2D eigenvalue weighted by Gasteiger charge is -2.43. The Morgan fingerprint density at radius 1 is 1.07 bits per heavy atom. The lowest BCUT2D eigenvalue weighted by atomic mass is 9.91. The van der Waals surface area contributed by atoms with Crippen LogP contribution < -0.4 is 15.5 Å². The molecule has 1 aliphatic carbocycles. The van der Waals surface area contributed by atoms with E-state index in [0.29, 0.717) is 55.9 Å². The van der Waals surface area contributed by atoms with Crippen LogP contribution in [0.5, 0.6) is 0 Å². The Morgan fingerprint density at radius 3 is 2.44 bits per heavy atom. The van der Waals surface area contributed by atoms with Crippen molar-refractivity contribution >= 4 is 38.6 Å². The van der Waals surface area contributed by atoms with Gasteiger partial charge in [0.25, 0.3) is 11.8 Å². The van der Waals surface area contributed by atoms with Crippen molar-refractivity contribution in [3.05, 3.63) is 93.4 Å². The highest BCUT2D eigenvalue weighted by Crippen LogP contribution is 2.55. The van der Waals surface area contributed by atoms with E-state index >= 15 is 8.78 Å². The Kier molecular flexibility index (Phi) is 8.53. The first-order valence-corrected chi connectivity index (χ1v) is 18.1. The lowest BCUT2D eigenvalue weighted by molar-refractivity contribution is -0.143. The minimum atomic E-state index is -5.08. The average Bonchev–Trinajstić information content (AvgIpc) is 3.83. The zero-order valence-corrected chi connectivity index (χ0v) is 30.2. The number of fused-ring (bicyclic) bond motifs is 3. The molecule has 55 heavy (non-hydrogen) atoms. The molecule has 0 spiro atoms. The smallest absolute Gasteiger partial charge is 0.386 e. The molecule has 1 fully saturated rings. The normalized spacial score (nSPS) is 20.3. The van der Waals surface area contributed by atoms with Crippen LogP contribution in [0.15, 0.2) is 42.5 Å². The molecule has 0 bridgehead atoms. The van der Waals surface area contributed by atoms with Gasteiger partial charge in [-0.15, -0.1) is 0 Å². The van der Waals surface area contributed by atoms with E-state index in [4.69, 9.17) is 4.98 Å². The third kappa shape index (κ3) is 6.37. The molecule has 5 heterocycles. The number of nitrogens with zero attached hydrogens (tertiary/aromatic N) is 5. The maximum absolute atomic E-state index is 15.5. The number of carbonyl (C=O) groups is 2. The second-order valence-electron chi connectivity index (χ2n) is 14.7. The van der Waals surface area contributed by atoms with Crippen molar-refractivity contribution in [3.63, 3.8) is 0 Å². The van der Waals surface area contributed by atoms with Crippen LogP contribution in [0.25, 0.3) is 21.5 Å². The highest BCUT2D eigenvalue weighted by molar-refractivity contribution is 7.22. The minimum absolute atomic E-state index is 0.0704. The summed E-state index contributed by atoms with van der Waals surface area (Å²) in [5, 5.41) is 19.8. The van der Waals surface area contributed by atoms with Gasteiger partial charge in [-0.1, -0.05) is 37.3 Å². The fourth-order valence-electron chi connectivity index (χ4n) is 7.82. The third-order valence-electron chi connectivity index (χ3n) is 10.5. The van der Waals surface area contributed by atoms with Gasteiger partial charge in [0.15, 0.2) is 16.5 Å². The van der Waals surface area contributed by atoms with Gasteiger partial charge < -0.3 is 20.6 Å². The Bertz CT molecular complexity index is 2380. The predicted molar refractivity (Wildman–Crippen MR) is 187 cm³/mol. The molecule has 3 N–H and O–H groups in total. The molecular formula is C37H32F7N7O3S. The number of hydrogen-bond donors (Lipinski definition) is 3. The van der Waals surface area contributed by atoms with Crippen molar-refractivity contribution in [2.45, 2.75) is 69.9 Å². The molecule has 0 radical (unpaired) electrons. The first-order valence-electron chi connectivity index (χ1n) is 17.3. The summed E-state index contributed by atoms with van der Waals surface area (Å²) in [5.41, 5.74) is -1.75. The van der Waals surface area contributed by atoms with E-state index in [9.17, 15) is 36.6 Å². The fourth-order valence-corrected chi connectivity index (χ4v) is 8.77. The number of benzene rings is 2. The second kappa shape index (κ2) is 12.7. The van der Waals surface area contributed by atoms with Gasteiger partial charge in [-0.25, -0.2) is 13.8 Å². The monoisotopic (exact) mass is 787 g/mol. The van der Waals surface area contributed by atoms with Gasteiger partial charge in [0, 0.05) is 35.2 Å². The van der Waals surface area contributed by atoms with E-state index < -0.39 is 76.6 Å². The number of thiazole rings is 1. The van der Waals surface area contributed by atoms with Crippen molar-refractivity contribution in [2.75, 3.05) is 18.0 Å². The number of pyridine rings is 1. The first-order chi connectivity index (χ1) is 25.8. The Balaban J connectivity index is 1.25. The maximum Gasteiger partial charge on any atom is 0.435 e. The van der Waals surface area contributed by atoms with Gasteiger partial charge in [0.2, 0.25) is 5.91 Å². The average molecular weight is 788 g/mol. The standard InChI is InChI=1S/C37H32F7N7O3S/c1-16-17(2)36(40,41)31-28(16)30(37(42,43)44)49-51(31)13-27(52)46-25(9-18-7-19(38)10-20(39)8-18)29-23(21-5-4-6-22-24(21)12-45-33(22)53)11-26-32(47-29)48-34(55-26)50-14-35(3,54)15-50/h4-8,10-11,16-17,25,54H,9,12-15H2,1-3H3,(H,45,53)(H,46,52)/t16-,17+,25-/m0/s1. The maximum atomic E-state index is 15.5. The molecule has 0 unspecified atom stereocenters. The highest BCUT2D eigenvalue weighted by Gasteiger charge is 2.57. The quantitative estimate of drug-likeness (QED) is 0.151. The minimum Gasteiger partial charge on any atom is -0.386 e.